The second kappa shape index (κ2) is 4.47. The van der Waals surface area contributed by atoms with Crippen LogP contribution in [0.25, 0.3) is 0 Å². The van der Waals surface area contributed by atoms with Crippen molar-refractivity contribution in [3.63, 3.8) is 0 Å². The van der Waals surface area contributed by atoms with E-state index < -0.39 is 0 Å². The summed E-state index contributed by atoms with van der Waals surface area (Å²) in [5, 5.41) is 11.3. The van der Waals surface area contributed by atoms with Crippen LogP contribution in [0.2, 0.25) is 0 Å². The number of rotatable bonds is 4. The molecule has 4 aliphatic rings. The Kier molecular flexibility index (Phi) is 3.11. The van der Waals surface area contributed by atoms with Crippen LogP contribution in [0, 0.1) is 23.2 Å². The van der Waals surface area contributed by atoms with Gasteiger partial charge in [-0.05, 0) is 56.3 Å². The lowest BCUT2D eigenvalue weighted by molar-refractivity contribution is -0.0185. The molecule has 0 unspecified atom stereocenters. The predicted molar refractivity (Wildman–Crippen MR) is 73.3 cm³/mol. The first-order chi connectivity index (χ1) is 8.15. The predicted octanol–water partition coefficient (Wildman–Crippen LogP) is 2.17. The molecular weight excluding hydrogens is 230 g/mol. The van der Waals surface area contributed by atoms with Crippen molar-refractivity contribution in [2.24, 2.45) is 23.5 Å². The minimum Gasteiger partial charge on any atom is -0.379 e. The summed E-state index contributed by atoms with van der Waals surface area (Å²) in [5.74, 6) is 3.97. The fourth-order valence-corrected chi connectivity index (χ4v) is 5.23. The van der Waals surface area contributed by atoms with Crippen molar-refractivity contribution in [2.45, 2.75) is 44.1 Å². The van der Waals surface area contributed by atoms with Crippen LogP contribution in [0.1, 0.15) is 38.5 Å². The zero-order valence-corrected chi connectivity index (χ0v) is 11.2. The van der Waals surface area contributed by atoms with Crippen LogP contribution in [0.15, 0.2) is 0 Å². The SMILES string of the molecule is N=C(N)SCCNC12CC3CC(CC(C3)C1)C2. The summed E-state index contributed by atoms with van der Waals surface area (Å²) < 4.78 is 0. The van der Waals surface area contributed by atoms with Crippen LogP contribution >= 0.6 is 11.8 Å². The monoisotopic (exact) mass is 253 g/mol. The molecule has 3 nitrogen and oxygen atoms in total. The first-order valence-electron chi connectivity index (χ1n) is 6.87. The molecule has 0 radical (unpaired) electrons. The van der Waals surface area contributed by atoms with Gasteiger partial charge in [-0.25, -0.2) is 0 Å². The molecule has 4 rings (SSSR count). The standard InChI is InChI=1S/C13H23N3S/c14-12(15)17-2-1-16-13-6-9-3-10(7-13)5-11(4-9)8-13/h9-11,16H,1-8H2,(H3,14,15). The van der Waals surface area contributed by atoms with Gasteiger partial charge in [0.05, 0.1) is 0 Å². The topological polar surface area (TPSA) is 61.9 Å². The van der Waals surface area contributed by atoms with Crippen molar-refractivity contribution in [2.75, 3.05) is 12.3 Å². The lowest BCUT2D eigenvalue weighted by atomic mass is 9.53. The molecule has 4 saturated carbocycles. The highest BCUT2D eigenvalue weighted by Crippen LogP contribution is 2.55. The molecule has 17 heavy (non-hydrogen) atoms. The van der Waals surface area contributed by atoms with Crippen molar-refractivity contribution >= 4 is 16.9 Å². The van der Waals surface area contributed by atoms with Gasteiger partial charge in [0.1, 0.15) is 0 Å². The van der Waals surface area contributed by atoms with Crippen LogP contribution in [0.5, 0.6) is 0 Å². The minimum absolute atomic E-state index is 0.248. The maximum Gasteiger partial charge on any atom is 0.151 e. The van der Waals surface area contributed by atoms with Gasteiger partial charge < -0.3 is 11.1 Å². The van der Waals surface area contributed by atoms with Gasteiger partial charge in [0.2, 0.25) is 0 Å². The van der Waals surface area contributed by atoms with Crippen molar-refractivity contribution in [3.05, 3.63) is 0 Å². The quantitative estimate of drug-likeness (QED) is 0.409. The van der Waals surface area contributed by atoms with Crippen LogP contribution in [-0.2, 0) is 0 Å². The Balaban J connectivity index is 1.53. The molecule has 0 aromatic rings. The van der Waals surface area contributed by atoms with Gasteiger partial charge in [-0.2, -0.15) is 0 Å². The summed E-state index contributed by atoms with van der Waals surface area (Å²) in [6.45, 7) is 1.01. The highest BCUT2D eigenvalue weighted by molar-refractivity contribution is 8.13. The van der Waals surface area contributed by atoms with E-state index in [1.165, 1.54) is 50.3 Å². The third-order valence-electron chi connectivity index (χ3n) is 4.90. The van der Waals surface area contributed by atoms with Crippen LogP contribution in [0.4, 0.5) is 0 Å². The van der Waals surface area contributed by atoms with Crippen LogP contribution in [0.3, 0.4) is 0 Å². The molecule has 96 valence electrons. The van der Waals surface area contributed by atoms with E-state index in [2.05, 4.69) is 5.32 Å². The van der Waals surface area contributed by atoms with Crippen molar-refractivity contribution < 1.29 is 0 Å². The van der Waals surface area contributed by atoms with E-state index >= 15 is 0 Å². The normalized spacial score (nSPS) is 42.9. The maximum absolute atomic E-state index is 7.21. The molecule has 0 spiro atoms. The van der Waals surface area contributed by atoms with E-state index in [-0.39, 0.29) is 5.17 Å². The Morgan fingerprint density at radius 3 is 2.18 bits per heavy atom. The third-order valence-corrected chi connectivity index (χ3v) is 5.62. The minimum atomic E-state index is 0.248. The zero-order valence-electron chi connectivity index (χ0n) is 10.4. The van der Waals surface area contributed by atoms with Crippen molar-refractivity contribution in [1.29, 1.82) is 5.41 Å². The fourth-order valence-electron chi connectivity index (χ4n) is 4.80. The van der Waals surface area contributed by atoms with Crippen molar-refractivity contribution in [1.82, 2.24) is 5.32 Å². The van der Waals surface area contributed by atoms with Gasteiger partial charge >= 0.3 is 0 Å². The van der Waals surface area contributed by atoms with E-state index in [4.69, 9.17) is 11.1 Å². The maximum atomic E-state index is 7.21. The van der Waals surface area contributed by atoms with Gasteiger partial charge in [0.25, 0.3) is 0 Å². The molecule has 0 atom stereocenters. The summed E-state index contributed by atoms with van der Waals surface area (Å²) in [6.07, 6.45) is 8.73. The summed E-state index contributed by atoms with van der Waals surface area (Å²) in [7, 11) is 0. The first kappa shape index (κ1) is 11.8. The Hall–Kier alpha value is -0.220. The highest BCUT2D eigenvalue weighted by Gasteiger charge is 2.50. The average molecular weight is 253 g/mol. The molecule has 4 heteroatoms. The Labute approximate surface area is 108 Å². The molecule has 0 aromatic heterocycles. The van der Waals surface area contributed by atoms with Gasteiger partial charge in [-0.1, -0.05) is 11.8 Å². The van der Waals surface area contributed by atoms with Gasteiger partial charge in [-0.15, -0.1) is 0 Å². The molecule has 4 bridgehead atoms. The number of amidine groups is 1. The zero-order chi connectivity index (χ0) is 11.9. The summed E-state index contributed by atoms with van der Waals surface area (Å²) in [5.41, 5.74) is 5.82. The van der Waals surface area contributed by atoms with E-state index in [9.17, 15) is 0 Å². The number of hydrogen-bond donors (Lipinski definition) is 3. The van der Waals surface area contributed by atoms with Crippen LogP contribution in [-0.4, -0.2) is 23.0 Å². The Morgan fingerprint density at radius 2 is 1.71 bits per heavy atom. The molecule has 0 saturated heterocycles. The summed E-state index contributed by atoms with van der Waals surface area (Å²) in [4.78, 5) is 0. The number of nitrogens with one attached hydrogen (secondary N) is 2. The molecule has 4 N–H and O–H groups in total. The molecule has 0 heterocycles. The lowest BCUT2D eigenvalue weighted by Gasteiger charge is -2.57. The summed E-state index contributed by atoms with van der Waals surface area (Å²) >= 11 is 1.46. The van der Waals surface area contributed by atoms with Gasteiger partial charge in [0.15, 0.2) is 5.17 Å². The highest BCUT2D eigenvalue weighted by atomic mass is 32.2. The van der Waals surface area contributed by atoms with Gasteiger partial charge in [-0.3, -0.25) is 5.41 Å². The Morgan fingerprint density at radius 1 is 1.18 bits per heavy atom. The number of hydrogen-bond acceptors (Lipinski definition) is 3. The molecular formula is C13H23N3S. The molecule has 0 aromatic carbocycles. The van der Waals surface area contributed by atoms with Crippen molar-refractivity contribution in [3.8, 4) is 0 Å². The molecule has 0 aliphatic heterocycles. The van der Waals surface area contributed by atoms with E-state index in [1.54, 1.807) is 0 Å². The smallest absolute Gasteiger partial charge is 0.151 e. The van der Waals surface area contributed by atoms with E-state index in [1.807, 2.05) is 0 Å². The number of nitrogens with two attached hydrogens (primary N) is 1. The summed E-state index contributed by atoms with van der Waals surface area (Å²) in [6, 6.07) is 0. The second-order valence-electron chi connectivity index (χ2n) is 6.34. The molecule has 4 aliphatic carbocycles. The molecule has 0 amide bonds. The van der Waals surface area contributed by atoms with E-state index in [0.717, 1.165) is 30.1 Å². The van der Waals surface area contributed by atoms with Crippen LogP contribution < -0.4 is 11.1 Å². The fraction of sp³-hybridized carbons (Fsp3) is 0.923. The first-order valence-corrected chi connectivity index (χ1v) is 7.86. The van der Waals surface area contributed by atoms with Gasteiger partial charge in [0, 0.05) is 17.8 Å². The number of thioether (sulfide) groups is 1. The van der Waals surface area contributed by atoms with E-state index in [0.29, 0.717) is 5.54 Å². The molecule has 4 fully saturated rings. The second-order valence-corrected chi connectivity index (χ2v) is 7.47. The third kappa shape index (κ3) is 2.48. The lowest BCUT2D eigenvalue weighted by Crippen LogP contribution is -2.58. The largest absolute Gasteiger partial charge is 0.379 e. The Bertz CT molecular complexity index is 281. The average Bonchev–Trinajstić information content (AvgIpc) is 2.22.